The maximum Gasteiger partial charge on any atom is 0.127 e. The van der Waals surface area contributed by atoms with Gasteiger partial charge < -0.3 is 15.2 Å². The normalized spacial score (nSPS) is 17.9. The maximum atomic E-state index is 9.21. The van der Waals surface area contributed by atoms with Crippen LogP contribution in [0.15, 0.2) is 18.2 Å². The quantitative estimate of drug-likeness (QED) is 0.775. The van der Waals surface area contributed by atoms with Gasteiger partial charge in [0, 0.05) is 18.5 Å². The third kappa shape index (κ3) is 3.95. The van der Waals surface area contributed by atoms with E-state index in [1.54, 1.807) is 0 Å². The van der Waals surface area contributed by atoms with Gasteiger partial charge in [-0.1, -0.05) is 18.2 Å². The summed E-state index contributed by atoms with van der Waals surface area (Å²) in [5, 5.41) is 12.6. The molecule has 3 nitrogen and oxygen atoms in total. The van der Waals surface area contributed by atoms with E-state index in [0.717, 1.165) is 38.1 Å². The van der Waals surface area contributed by atoms with Gasteiger partial charge in [-0.05, 0) is 45.7 Å². The van der Waals surface area contributed by atoms with E-state index < -0.39 is 0 Å². The first-order valence-corrected chi connectivity index (χ1v) is 7.16. The summed E-state index contributed by atoms with van der Waals surface area (Å²) in [6.45, 7) is 7.86. The zero-order valence-corrected chi connectivity index (χ0v) is 12.2. The molecule has 0 amide bonds. The summed E-state index contributed by atoms with van der Waals surface area (Å²) in [4.78, 5) is 0. The number of fused-ring (bicyclic) bond motifs is 1. The molecule has 0 fully saturated rings. The lowest BCUT2D eigenvalue weighted by Gasteiger charge is -2.18. The Morgan fingerprint density at radius 1 is 1.42 bits per heavy atom. The Balaban J connectivity index is 1.87. The van der Waals surface area contributed by atoms with Crippen molar-refractivity contribution in [3.8, 4) is 5.75 Å². The molecule has 0 saturated heterocycles. The first kappa shape index (κ1) is 14.4. The van der Waals surface area contributed by atoms with Crippen molar-refractivity contribution in [2.45, 2.75) is 58.3 Å². The van der Waals surface area contributed by atoms with E-state index in [1.165, 1.54) is 11.1 Å². The number of benzene rings is 1. The second-order valence-electron chi connectivity index (χ2n) is 6.11. The SMILES string of the molecule is CC(O)CCCNCc1cccc2c1OC(C)(C)C2. The van der Waals surface area contributed by atoms with Crippen molar-refractivity contribution in [1.82, 2.24) is 5.32 Å². The molecule has 0 saturated carbocycles. The van der Waals surface area contributed by atoms with Crippen LogP contribution in [0.1, 0.15) is 44.7 Å². The summed E-state index contributed by atoms with van der Waals surface area (Å²) in [7, 11) is 0. The van der Waals surface area contributed by atoms with E-state index >= 15 is 0 Å². The van der Waals surface area contributed by atoms with Crippen LogP contribution in [-0.4, -0.2) is 23.4 Å². The van der Waals surface area contributed by atoms with E-state index in [4.69, 9.17) is 4.74 Å². The molecular formula is C16H25NO2. The maximum absolute atomic E-state index is 9.21. The molecule has 1 aromatic carbocycles. The predicted octanol–water partition coefficient (Wildman–Crippen LogP) is 2.65. The van der Waals surface area contributed by atoms with Crippen molar-refractivity contribution in [2.75, 3.05) is 6.54 Å². The zero-order valence-electron chi connectivity index (χ0n) is 12.2. The van der Waals surface area contributed by atoms with Crippen LogP contribution < -0.4 is 10.1 Å². The third-order valence-corrected chi connectivity index (χ3v) is 3.46. The van der Waals surface area contributed by atoms with Crippen LogP contribution in [0.25, 0.3) is 0 Å². The van der Waals surface area contributed by atoms with Crippen LogP contribution in [0.4, 0.5) is 0 Å². The van der Waals surface area contributed by atoms with Gasteiger partial charge >= 0.3 is 0 Å². The van der Waals surface area contributed by atoms with E-state index in [1.807, 2.05) is 6.92 Å². The van der Waals surface area contributed by atoms with Gasteiger partial charge in [-0.2, -0.15) is 0 Å². The molecule has 1 heterocycles. The molecular weight excluding hydrogens is 238 g/mol. The summed E-state index contributed by atoms with van der Waals surface area (Å²) < 4.78 is 6.04. The fourth-order valence-electron chi connectivity index (χ4n) is 2.56. The summed E-state index contributed by atoms with van der Waals surface area (Å²) in [5.41, 5.74) is 2.47. The predicted molar refractivity (Wildman–Crippen MR) is 77.5 cm³/mol. The summed E-state index contributed by atoms with van der Waals surface area (Å²) >= 11 is 0. The van der Waals surface area contributed by atoms with Crippen molar-refractivity contribution in [3.05, 3.63) is 29.3 Å². The number of para-hydroxylation sites is 1. The molecule has 1 aliphatic rings. The number of ether oxygens (including phenoxy) is 1. The summed E-state index contributed by atoms with van der Waals surface area (Å²) in [6, 6.07) is 6.39. The Hall–Kier alpha value is -1.06. The third-order valence-electron chi connectivity index (χ3n) is 3.46. The Bertz CT molecular complexity index is 427. The van der Waals surface area contributed by atoms with Crippen LogP contribution in [0, 0.1) is 0 Å². The van der Waals surface area contributed by atoms with Gasteiger partial charge in [-0.25, -0.2) is 0 Å². The van der Waals surface area contributed by atoms with Crippen molar-refractivity contribution < 1.29 is 9.84 Å². The molecule has 19 heavy (non-hydrogen) atoms. The van der Waals surface area contributed by atoms with Crippen LogP contribution >= 0.6 is 0 Å². The highest BCUT2D eigenvalue weighted by Gasteiger charge is 2.31. The van der Waals surface area contributed by atoms with Gasteiger partial charge in [0.05, 0.1) is 6.10 Å². The Labute approximate surface area is 116 Å². The minimum atomic E-state index is -0.202. The molecule has 1 atom stereocenters. The van der Waals surface area contributed by atoms with Crippen molar-refractivity contribution in [2.24, 2.45) is 0 Å². The first-order valence-electron chi connectivity index (χ1n) is 7.16. The van der Waals surface area contributed by atoms with Gasteiger partial charge in [0.15, 0.2) is 0 Å². The standard InChI is InChI=1S/C16H25NO2/c1-12(18)6-5-9-17-11-14-8-4-7-13-10-16(2,3)19-15(13)14/h4,7-8,12,17-18H,5-6,9-11H2,1-3H3. The molecule has 0 aromatic heterocycles. The number of hydrogen-bond acceptors (Lipinski definition) is 3. The Morgan fingerprint density at radius 2 is 2.21 bits per heavy atom. The monoisotopic (exact) mass is 263 g/mol. The molecule has 0 radical (unpaired) electrons. The van der Waals surface area contributed by atoms with Crippen LogP contribution in [-0.2, 0) is 13.0 Å². The van der Waals surface area contributed by atoms with E-state index in [9.17, 15) is 5.11 Å². The molecule has 0 spiro atoms. The average Bonchev–Trinajstić information content (AvgIpc) is 2.63. The molecule has 0 aliphatic carbocycles. The number of hydrogen-bond donors (Lipinski definition) is 2. The van der Waals surface area contributed by atoms with E-state index in [-0.39, 0.29) is 11.7 Å². The average molecular weight is 263 g/mol. The molecule has 2 rings (SSSR count). The molecule has 106 valence electrons. The molecule has 3 heteroatoms. The summed E-state index contributed by atoms with van der Waals surface area (Å²) in [5.74, 6) is 1.07. The van der Waals surface area contributed by atoms with E-state index in [0.29, 0.717) is 0 Å². The minimum Gasteiger partial charge on any atom is -0.487 e. The highest BCUT2D eigenvalue weighted by molar-refractivity contribution is 5.45. The first-order chi connectivity index (χ1) is 8.98. The Kier molecular flexibility index (Phi) is 4.48. The molecule has 1 aromatic rings. The topological polar surface area (TPSA) is 41.5 Å². The molecule has 0 bridgehead atoms. The zero-order chi connectivity index (χ0) is 13.9. The van der Waals surface area contributed by atoms with Gasteiger partial charge in [0.2, 0.25) is 0 Å². The lowest BCUT2D eigenvalue weighted by molar-refractivity contribution is 0.137. The Morgan fingerprint density at radius 3 is 2.95 bits per heavy atom. The number of aliphatic hydroxyl groups excluding tert-OH is 1. The second kappa shape index (κ2) is 5.93. The van der Waals surface area contributed by atoms with E-state index in [2.05, 4.69) is 37.4 Å². The van der Waals surface area contributed by atoms with Gasteiger partial charge in [0.25, 0.3) is 0 Å². The number of aliphatic hydroxyl groups is 1. The van der Waals surface area contributed by atoms with Crippen molar-refractivity contribution in [1.29, 1.82) is 0 Å². The van der Waals surface area contributed by atoms with Gasteiger partial charge in [-0.15, -0.1) is 0 Å². The largest absolute Gasteiger partial charge is 0.487 e. The fraction of sp³-hybridized carbons (Fsp3) is 0.625. The molecule has 1 aliphatic heterocycles. The van der Waals surface area contributed by atoms with Crippen LogP contribution in [0.3, 0.4) is 0 Å². The smallest absolute Gasteiger partial charge is 0.127 e. The van der Waals surface area contributed by atoms with Crippen LogP contribution in [0.5, 0.6) is 5.75 Å². The van der Waals surface area contributed by atoms with Gasteiger partial charge in [0.1, 0.15) is 11.4 Å². The highest BCUT2D eigenvalue weighted by Crippen LogP contribution is 2.37. The fourth-order valence-corrected chi connectivity index (χ4v) is 2.56. The van der Waals surface area contributed by atoms with Gasteiger partial charge in [-0.3, -0.25) is 0 Å². The van der Waals surface area contributed by atoms with Crippen molar-refractivity contribution in [3.63, 3.8) is 0 Å². The summed E-state index contributed by atoms with van der Waals surface area (Å²) in [6.07, 6.45) is 2.63. The molecule has 2 N–H and O–H groups in total. The lowest BCUT2D eigenvalue weighted by atomic mass is 10.0. The highest BCUT2D eigenvalue weighted by atomic mass is 16.5. The minimum absolute atomic E-state index is 0.0786. The molecule has 1 unspecified atom stereocenters. The van der Waals surface area contributed by atoms with Crippen molar-refractivity contribution >= 4 is 0 Å². The lowest BCUT2D eigenvalue weighted by Crippen LogP contribution is -2.25. The number of rotatable bonds is 6. The van der Waals surface area contributed by atoms with Crippen LogP contribution in [0.2, 0.25) is 0 Å². The second-order valence-corrected chi connectivity index (χ2v) is 6.11. The number of nitrogens with one attached hydrogen (secondary N) is 1.